The topological polar surface area (TPSA) is 72.6 Å². The van der Waals surface area contributed by atoms with Gasteiger partial charge >= 0.3 is 0 Å². The Balaban J connectivity index is 3.00. The van der Waals surface area contributed by atoms with Gasteiger partial charge < -0.3 is 15.6 Å². The minimum atomic E-state index is -0.570. The normalized spacial score (nSPS) is 9.42. The molecular formula is C8H9NO3. The zero-order chi connectivity index (χ0) is 8.97. The number of hydrogen-bond acceptors (Lipinski definition) is 3. The van der Waals surface area contributed by atoms with Crippen LogP contribution in [0.5, 0.6) is 5.75 Å². The Kier molecular flexibility index (Phi) is 2.66. The van der Waals surface area contributed by atoms with Crippen LogP contribution in [0.3, 0.4) is 0 Å². The number of rotatable bonds is 3. The number of nitrogens with two attached hydrogens (primary N) is 1. The van der Waals surface area contributed by atoms with Gasteiger partial charge in [0.05, 0.1) is 5.56 Å². The summed E-state index contributed by atoms with van der Waals surface area (Å²) in [4.78, 5) is 10.8. The highest BCUT2D eigenvalue weighted by Crippen LogP contribution is 2.16. The molecule has 0 aliphatic rings. The maximum absolute atomic E-state index is 10.8. The van der Waals surface area contributed by atoms with E-state index in [0.717, 1.165) is 0 Å². The predicted molar refractivity (Wildman–Crippen MR) is 42.7 cm³/mol. The fraction of sp³-hybridized carbons (Fsp3) is 0.125. The monoisotopic (exact) mass is 167 g/mol. The van der Waals surface area contributed by atoms with E-state index in [0.29, 0.717) is 5.75 Å². The third kappa shape index (κ3) is 1.73. The Morgan fingerprint density at radius 3 is 2.75 bits per heavy atom. The maximum Gasteiger partial charge on any atom is 0.252 e. The van der Waals surface area contributed by atoms with Crippen LogP contribution in [0.2, 0.25) is 0 Å². The molecule has 0 aliphatic carbocycles. The largest absolute Gasteiger partial charge is 0.467 e. The molecule has 0 fully saturated rings. The third-order valence-corrected chi connectivity index (χ3v) is 1.37. The number of carbonyl (C=O) groups is 1. The molecule has 1 amide bonds. The van der Waals surface area contributed by atoms with Crippen LogP contribution in [0.25, 0.3) is 0 Å². The fourth-order valence-corrected chi connectivity index (χ4v) is 0.866. The first-order chi connectivity index (χ1) is 5.75. The molecule has 4 heteroatoms. The second-order valence-corrected chi connectivity index (χ2v) is 2.13. The van der Waals surface area contributed by atoms with Crippen molar-refractivity contribution in [1.29, 1.82) is 0 Å². The van der Waals surface area contributed by atoms with Crippen molar-refractivity contribution >= 4 is 5.91 Å². The van der Waals surface area contributed by atoms with Gasteiger partial charge in [-0.15, -0.1) is 0 Å². The maximum atomic E-state index is 10.8. The van der Waals surface area contributed by atoms with Crippen LogP contribution in [-0.4, -0.2) is 17.8 Å². The standard InChI is InChI=1S/C8H9NO3/c9-8(11)6-3-1-2-4-7(6)12-5-10/h1-4,10H,5H2,(H2,9,11). The SMILES string of the molecule is NC(=O)c1ccccc1OCO. The lowest BCUT2D eigenvalue weighted by Crippen LogP contribution is -2.13. The summed E-state index contributed by atoms with van der Waals surface area (Å²) in [5.74, 6) is -0.272. The number of hydrogen-bond donors (Lipinski definition) is 2. The first kappa shape index (κ1) is 8.55. The van der Waals surface area contributed by atoms with Gasteiger partial charge in [-0.1, -0.05) is 12.1 Å². The molecule has 0 saturated heterocycles. The smallest absolute Gasteiger partial charge is 0.252 e. The van der Waals surface area contributed by atoms with E-state index in [4.69, 9.17) is 15.6 Å². The van der Waals surface area contributed by atoms with E-state index in [2.05, 4.69) is 0 Å². The van der Waals surface area contributed by atoms with Crippen LogP contribution in [0, 0.1) is 0 Å². The summed E-state index contributed by atoms with van der Waals surface area (Å²) in [6.07, 6.45) is 0. The van der Waals surface area contributed by atoms with Crippen molar-refractivity contribution < 1.29 is 14.6 Å². The van der Waals surface area contributed by atoms with Gasteiger partial charge in [-0.25, -0.2) is 0 Å². The average Bonchev–Trinajstić information content (AvgIpc) is 2.05. The van der Waals surface area contributed by atoms with Crippen molar-refractivity contribution in [3.05, 3.63) is 29.8 Å². The lowest BCUT2D eigenvalue weighted by molar-refractivity contribution is 0.0921. The summed E-state index contributed by atoms with van der Waals surface area (Å²) in [6, 6.07) is 6.46. The van der Waals surface area contributed by atoms with Crippen LogP contribution < -0.4 is 10.5 Å². The number of amides is 1. The second kappa shape index (κ2) is 3.73. The van der Waals surface area contributed by atoms with Crippen LogP contribution in [0.1, 0.15) is 10.4 Å². The van der Waals surface area contributed by atoms with E-state index in [9.17, 15) is 4.79 Å². The molecule has 1 aromatic carbocycles. The quantitative estimate of drug-likeness (QED) is 0.628. The number of benzene rings is 1. The molecule has 0 aromatic heterocycles. The van der Waals surface area contributed by atoms with Crippen LogP contribution in [-0.2, 0) is 0 Å². The van der Waals surface area contributed by atoms with E-state index >= 15 is 0 Å². The minimum absolute atomic E-state index is 0.270. The molecule has 1 rings (SSSR count). The number of aliphatic hydroxyl groups excluding tert-OH is 1. The van der Waals surface area contributed by atoms with Crippen LogP contribution >= 0.6 is 0 Å². The number of primary amides is 1. The van der Waals surface area contributed by atoms with Gasteiger partial charge in [0.2, 0.25) is 0 Å². The molecule has 3 N–H and O–H groups in total. The first-order valence-corrected chi connectivity index (χ1v) is 3.38. The molecule has 0 bridgehead atoms. The van der Waals surface area contributed by atoms with Crippen molar-refractivity contribution in [2.24, 2.45) is 5.73 Å². The van der Waals surface area contributed by atoms with E-state index in [1.54, 1.807) is 18.2 Å². The number of ether oxygens (including phenoxy) is 1. The third-order valence-electron chi connectivity index (χ3n) is 1.37. The van der Waals surface area contributed by atoms with E-state index < -0.39 is 12.7 Å². The predicted octanol–water partition coefficient (Wildman–Crippen LogP) is 0.114. The highest BCUT2D eigenvalue weighted by atomic mass is 16.6. The summed E-state index contributed by atoms with van der Waals surface area (Å²) in [7, 11) is 0. The molecule has 0 atom stereocenters. The molecule has 0 radical (unpaired) electrons. The molecule has 64 valence electrons. The van der Waals surface area contributed by atoms with Gasteiger partial charge in [-0.3, -0.25) is 4.79 Å². The molecule has 0 saturated carbocycles. The van der Waals surface area contributed by atoms with Gasteiger partial charge in [0.1, 0.15) is 5.75 Å². The van der Waals surface area contributed by atoms with Gasteiger partial charge in [-0.2, -0.15) is 0 Å². The summed E-state index contributed by atoms with van der Waals surface area (Å²) in [5.41, 5.74) is 5.31. The lowest BCUT2D eigenvalue weighted by Gasteiger charge is -2.05. The molecule has 0 heterocycles. The molecule has 0 aliphatic heterocycles. The lowest BCUT2D eigenvalue weighted by atomic mass is 10.2. The van der Waals surface area contributed by atoms with Gasteiger partial charge in [-0.05, 0) is 12.1 Å². The highest BCUT2D eigenvalue weighted by molar-refractivity contribution is 5.95. The molecule has 0 spiro atoms. The molecule has 1 aromatic rings. The first-order valence-electron chi connectivity index (χ1n) is 3.38. The van der Waals surface area contributed by atoms with Crippen molar-refractivity contribution in [3.8, 4) is 5.75 Å². The number of para-hydroxylation sites is 1. The Labute approximate surface area is 69.6 Å². The second-order valence-electron chi connectivity index (χ2n) is 2.13. The Hall–Kier alpha value is -1.55. The van der Waals surface area contributed by atoms with Crippen molar-refractivity contribution in [3.63, 3.8) is 0 Å². The van der Waals surface area contributed by atoms with E-state index in [1.807, 2.05) is 0 Å². The Morgan fingerprint density at radius 1 is 1.50 bits per heavy atom. The van der Waals surface area contributed by atoms with E-state index in [1.165, 1.54) is 6.07 Å². The molecule has 0 unspecified atom stereocenters. The molecule has 4 nitrogen and oxygen atoms in total. The highest BCUT2D eigenvalue weighted by Gasteiger charge is 2.06. The van der Waals surface area contributed by atoms with Gasteiger partial charge in [0.25, 0.3) is 5.91 Å². The van der Waals surface area contributed by atoms with Crippen molar-refractivity contribution in [2.45, 2.75) is 0 Å². The van der Waals surface area contributed by atoms with Crippen LogP contribution in [0.15, 0.2) is 24.3 Å². The summed E-state index contributed by atoms with van der Waals surface area (Å²) < 4.78 is 4.75. The van der Waals surface area contributed by atoms with Crippen molar-refractivity contribution in [1.82, 2.24) is 0 Å². The Morgan fingerprint density at radius 2 is 2.17 bits per heavy atom. The van der Waals surface area contributed by atoms with Gasteiger partial charge in [0, 0.05) is 0 Å². The van der Waals surface area contributed by atoms with Crippen molar-refractivity contribution in [2.75, 3.05) is 6.79 Å². The summed E-state index contributed by atoms with van der Waals surface area (Å²) >= 11 is 0. The number of aliphatic hydroxyl groups is 1. The van der Waals surface area contributed by atoms with E-state index in [-0.39, 0.29) is 5.56 Å². The fourth-order valence-electron chi connectivity index (χ4n) is 0.866. The minimum Gasteiger partial charge on any atom is -0.467 e. The average molecular weight is 167 g/mol. The van der Waals surface area contributed by atoms with Gasteiger partial charge in [0.15, 0.2) is 6.79 Å². The molecule has 12 heavy (non-hydrogen) atoms. The molecular weight excluding hydrogens is 158 g/mol. The zero-order valence-electron chi connectivity index (χ0n) is 6.36. The zero-order valence-corrected chi connectivity index (χ0v) is 6.36. The summed E-state index contributed by atoms with van der Waals surface area (Å²) in [5, 5.41) is 8.45. The Bertz CT molecular complexity index is 285. The van der Waals surface area contributed by atoms with Crippen LogP contribution in [0.4, 0.5) is 0 Å². The summed E-state index contributed by atoms with van der Waals surface area (Å²) in [6.45, 7) is -0.468. The number of carbonyl (C=O) groups excluding carboxylic acids is 1.